The summed E-state index contributed by atoms with van der Waals surface area (Å²) < 4.78 is 38.3. The molecule has 1 N–H and O–H groups in total. The van der Waals surface area contributed by atoms with Gasteiger partial charge in [0, 0.05) is 43.5 Å². The van der Waals surface area contributed by atoms with Gasteiger partial charge < -0.3 is 33.5 Å². The highest BCUT2D eigenvalue weighted by Crippen LogP contribution is 2.43. The minimum absolute atomic E-state index is 0.00403. The summed E-state index contributed by atoms with van der Waals surface area (Å²) in [6, 6.07) is 2.24. The van der Waals surface area contributed by atoms with Crippen LogP contribution >= 0.6 is 11.3 Å². The number of aryl methyl sites for hydroxylation is 2. The maximum Gasteiger partial charge on any atom is 0.303 e. The van der Waals surface area contributed by atoms with Gasteiger partial charge >= 0.3 is 5.97 Å². The lowest BCUT2D eigenvalue weighted by Crippen LogP contribution is -2.32. The third-order valence-corrected chi connectivity index (χ3v) is 11.0. The van der Waals surface area contributed by atoms with Crippen molar-refractivity contribution >= 4 is 17.3 Å². The molecule has 0 amide bonds. The van der Waals surface area contributed by atoms with Crippen molar-refractivity contribution in [3.63, 3.8) is 0 Å². The summed E-state index contributed by atoms with van der Waals surface area (Å²) in [5.41, 5.74) is 1.40. The number of thiophene rings is 1. The molecule has 3 saturated heterocycles. The van der Waals surface area contributed by atoms with Gasteiger partial charge in [0.15, 0.2) is 18.9 Å². The third kappa shape index (κ3) is 11.7. The Morgan fingerprint density at radius 1 is 0.913 bits per heavy atom. The van der Waals surface area contributed by atoms with Crippen LogP contribution in [0.2, 0.25) is 0 Å². The third-order valence-electron chi connectivity index (χ3n) is 10.1. The normalized spacial score (nSPS) is 31.4. The molecule has 8 nitrogen and oxygen atoms in total. The first-order valence-corrected chi connectivity index (χ1v) is 19.2. The van der Waals surface area contributed by atoms with E-state index in [4.69, 9.17) is 33.5 Å². The van der Waals surface area contributed by atoms with Crippen LogP contribution in [0.4, 0.5) is 0 Å². The van der Waals surface area contributed by atoms with Crippen molar-refractivity contribution in [3.05, 3.63) is 34.0 Å². The van der Waals surface area contributed by atoms with Gasteiger partial charge in [0.25, 0.3) is 0 Å². The van der Waals surface area contributed by atoms with Gasteiger partial charge in [0.1, 0.15) is 0 Å². The highest BCUT2D eigenvalue weighted by atomic mass is 32.1. The van der Waals surface area contributed by atoms with Gasteiger partial charge in [0.05, 0.1) is 18.3 Å². The second-order valence-electron chi connectivity index (χ2n) is 13.7. The van der Waals surface area contributed by atoms with E-state index >= 15 is 0 Å². The molecule has 0 aromatic carbocycles. The zero-order valence-electron chi connectivity index (χ0n) is 28.0. The average Bonchev–Trinajstić information content (AvgIpc) is 3.63. The quantitative estimate of drug-likeness (QED) is 0.124. The van der Waals surface area contributed by atoms with E-state index in [1.165, 1.54) is 10.4 Å². The van der Waals surface area contributed by atoms with E-state index in [0.29, 0.717) is 0 Å². The molecular weight excluding hydrogens is 604 g/mol. The number of ether oxygens (including phenoxy) is 6. The van der Waals surface area contributed by atoms with Gasteiger partial charge in [-0.25, -0.2) is 0 Å². The van der Waals surface area contributed by atoms with E-state index in [2.05, 4.69) is 30.5 Å². The lowest BCUT2D eigenvalue weighted by Gasteiger charge is -2.31. The van der Waals surface area contributed by atoms with Gasteiger partial charge in [-0.1, -0.05) is 31.4 Å². The van der Waals surface area contributed by atoms with Gasteiger partial charge in [0.2, 0.25) is 0 Å². The summed E-state index contributed by atoms with van der Waals surface area (Å²) in [5.74, 6) is -0.267. The van der Waals surface area contributed by atoms with Crippen LogP contribution in [-0.4, -0.2) is 68.1 Å². The summed E-state index contributed by atoms with van der Waals surface area (Å²) in [7, 11) is 0. The van der Waals surface area contributed by atoms with Crippen LogP contribution in [0.1, 0.15) is 120 Å². The fourth-order valence-electron chi connectivity index (χ4n) is 7.51. The smallest absolute Gasteiger partial charge is 0.303 e. The summed E-state index contributed by atoms with van der Waals surface area (Å²) >= 11 is 1.81. The molecule has 260 valence electrons. The predicted molar refractivity (Wildman–Crippen MR) is 179 cm³/mol. The van der Waals surface area contributed by atoms with E-state index in [-0.39, 0.29) is 55.4 Å². The molecule has 4 aliphatic rings. The Hall–Kier alpha value is -1.33. The molecule has 3 aliphatic heterocycles. The maximum atomic E-state index is 11.0. The second kappa shape index (κ2) is 19.6. The summed E-state index contributed by atoms with van der Waals surface area (Å²) in [6.07, 6.45) is 21.4. The van der Waals surface area contributed by atoms with E-state index in [0.717, 1.165) is 129 Å². The van der Waals surface area contributed by atoms with Crippen LogP contribution in [0.25, 0.3) is 0 Å². The van der Waals surface area contributed by atoms with Crippen molar-refractivity contribution in [2.45, 2.75) is 160 Å². The van der Waals surface area contributed by atoms with Crippen LogP contribution < -0.4 is 0 Å². The highest BCUT2D eigenvalue weighted by Gasteiger charge is 2.45. The molecule has 1 aromatic rings. The highest BCUT2D eigenvalue weighted by molar-refractivity contribution is 7.10. The van der Waals surface area contributed by atoms with Crippen molar-refractivity contribution < 1.29 is 38.3 Å². The molecule has 4 fully saturated rings. The average molecular weight is 663 g/mol. The summed E-state index contributed by atoms with van der Waals surface area (Å²) in [5, 5.41) is 11.2. The number of carboxylic acids is 1. The molecule has 9 heteroatoms. The Labute approximate surface area is 280 Å². The van der Waals surface area contributed by atoms with Crippen molar-refractivity contribution in [1.82, 2.24) is 0 Å². The van der Waals surface area contributed by atoms with Gasteiger partial charge in [-0.05, 0) is 113 Å². The molecule has 1 saturated carbocycles. The van der Waals surface area contributed by atoms with E-state index in [9.17, 15) is 4.79 Å². The number of rotatable bonds is 18. The molecule has 8 atom stereocenters. The molecule has 1 aliphatic carbocycles. The topological polar surface area (TPSA) is 92.7 Å². The Bertz CT molecular complexity index is 1030. The monoisotopic (exact) mass is 662 g/mol. The fourth-order valence-corrected chi connectivity index (χ4v) is 8.27. The number of aliphatic carboxylic acids is 1. The van der Waals surface area contributed by atoms with Crippen LogP contribution in [0.5, 0.6) is 0 Å². The molecule has 0 bridgehead atoms. The second-order valence-corrected chi connectivity index (χ2v) is 14.8. The largest absolute Gasteiger partial charge is 0.481 e. The Morgan fingerprint density at radius 3 is 2.17 bits per heavy atom. The number of carboxylic acid groups (broad SMARTS) is 1. The maximum absolute atomic E-state index is 11.0. The molecule has 3 unspecified atom stereocenters. The van der Waals surface area contributed by atoms with Gasteiger partial charge in [-0.3, -0.25) is 4.79 Å². The molecule has 1 aromatic heterocycles. The molecule has 5 rings (SSSR count). The van der Waals surface area contributed by atoms with E-state index < -0.39 is 5.97 Å². The molecular formula is C37H58O8S. The first-order valence-electron chi connectivity index (χ1n) is 18.3. The van der Waals surface area contributed by atoms with Crippen LogP contribution in [0.3, 0.4) is 0 Å². The molecule has 4 heterocycles. The van der Waals surface area contributed by atoms with Gasteiger partial charge in [-0.15, -0.1) is 11.3 Å². The van der Waals surface area contributed by atoms with Crippen molar-refractivity contribution in [2.24, 2.45) is 11.8 Å². The number of hydrogen-bond donors (Lipinski definition) is 1. The Balaban J connectivity index is 1.32. The SMILES string of the molecule is Cc1sccc1CC[C@@H](/C=C/[C@@H]1[C@@H](CCCCCCC(=O)O)[C@@H](OC2CCCCO2)C[C@H]1OC1CCCCO1)OC1CCCCO1. The first-order chi connectivity index (χ1) is 22.5. The zero-order valence-corrected chi connectivity index (χ0v) is 28.8. The Kier molecular flexibility index (Phi) is 15.3. The fraction of sp³-hybridized carbons (Fsp3) is 0.811. The lowest BCUT2D eigenvalue weighted by molar-refractivity contribution is -0.204. The van der Waals surface area contributed by atoms with Gasteiger partial charge in [-0.2, -0.15) is 0 Å². The van der Waals surface area contributed by atoms with Crippen LogP contribution in [0, 0.1) is 18.8 Å². The lowest BCUT2D eigenvalue weighted by atomic mass is 9.87. The zero-order chi connectivity index (χ0) is 32.0. The van der Waals surface area contributed by atoms with Crippen molar-refractivity contribution in [2.75, 3.05) is 19.8 Å². The summed E-state index contributed by atoms with van der Waals surface area (Å²) in [4.78, 5) is 12.4. The standard InChI is InChI=1S/C37H58O8S/c1-27-28(21-25-46-27)17-18-29(43-35-14-6-9-22-40-35)19-20-31-30(12-4-2-3-5-13-34(38)39)32(44-36-15-7-10-23-41-36)26-33(31)45-37-16-8-11-24-42-37/h19-21,25,29-33,35-37H,2-18,22-24,26H2,1H3,(H,38,39)/b20-19+/t29-,30+,31+,32-,33+,35?,36?,37?/m0/s1. The van der Waals surface area contributed by atoms with Crippen molar-refractivity contribution in [1.29, 1.82) is 0 Å². The van der Waals surface area contributed by atoms with Crippen LogP contribution in [0.15, 0.2) is 23.6 Å². The molecule has 0 spiro atoms. The summed E-state index contributed by atoms with van der Waals surface area (Å²) in [6.45, 7) is 4.48. The first kappa shape index (κ1) is 36.0. The number of hydrogen-bond acceptors (Lipinski definition) is 8. The predicted octanol–water partition coefficient (Wildman–Crippen LogP) is 8.34. The minimum Gasteiger partial charge on any atom is -0.481 e. The van der Waals surface area contributed by atoms with Crippen molar-refractivity contribution in [3.8, 4) is 0 Å². The van der Waals surface area contributed by atoms with Crippen LogP contribution in [-0.2, 0) is 39.6 Å². The number of carbonyl (C=O) groups is 1. The molecule has 0 radical (unpaired) electrons. The minimum atomic E-state index is -0.712. The molecule has 46 heavy (non-hydrogen) atoms. The Morgan fingerprint density at radius 2 is 1.57 bits per heavy atom. The number of unbranched alkanes of at least 4 members (excludes halogenated alkanes) is 3. The van der Waals surface area contributed by atoms with E-state index in [1.54, 1.807) is 11.3 Å². The van der Waals surface area contributed by atoms with E-state index in [1.807, 2.05) is 0 Å².